The van der Waals surface area contributed by atoms with Gasteiger partial charge in [-0.1, -0.05) is 23.8 Å². The van der Waals surface area contributed by atoms with Crippen molar-refractivity contribution in [3.8, 4) is 0 Å². The number of H-pyrrole nitrogens is 1. The number of aromatic nitrogens is 2. The maximum atomic E-state index is 12.2. The zero-order chi connectivity index (χ0) is 14.8. The molecule has 0 saturated heterocycles. The number of hydrogen-bond acceptors (Lipinski definition) is 2. The molecule has 0 radical (unpaired) electrons. The summed E-state index contributed by atoms with van der Waals surface area (Å²) in [6.45, 7) is 2.33. The lowest BCUT2D eigenvalue weighted by atomic mass is 10.1. The molecule has 0 spiro atoms. The molecule has 1 aromatic heterocycles. The van der Waals surface area contributed by atoms with Crippen molar-refractivity contribution in [3.63, 3.8) is 0 Å². The Labute approximate surface area is 130 Å². The van der Waals surface area contributed by atoms with E-state index in [0.717, 1.165) is 26.9 Å². The van der Waals surface area contributed by atoms with Gasteiger partial charge in [-0.05, 0) is 47.1 Å². The smallest absolute Gasteiger partial charge is 0.252 e. The topological polar surface area (TPSA) is 57.8 Å². The highest BCUT2D eigenvalue weighted by molar-refractivity contribution is 9.10. The average molecular weight is 344 g/mol. The monoisotopic (exact) mass is 343 g/mol. The minimum absolute atomic E-state index is 0.119. The van der Waals surface area contributed by atoms with Crippen LogP contribution in [0.15, 0.2) is 46.9 Å². The van der Waals surface area contributed by atoms with Gasteiger partial charge in [-0.25, -0.2) is 4.98 Å². The van der Waals surface area contributed by atoms with Gasteiger partial charge in [0, 0.05) is 4.47 Å². The molecule has 0 aliphatic carbocycles. The number of carbonyl (C=O) groups excluding carboxylic acids is 1. The molecule has 0 aliphatic rings. The van der Waals surface area contributed by atoms with Crippen molar-refractivity contribution in [3.05, 3.63) is 63.9 Å². The number of benzene rings is 2. The van der Waals surface area contributed by atoms with Gasteiger partial charge in [-0.3, -0.25) is 4.79 Å². The first-order chi connectivity index (χ1) is 10.1. The zero-order valence-electron chi connectivity index (χ0n) is 11.5. The van der Waals surface area contributed by atoms with Crippen molar-refractivity contribution in [2.45, 2.75) is 13.5 Å². The number of aromatic amines is 1. The number of imidazole rings is 1. The van der Waals surface area contributed by atoms with Crippen molar-refractivity contribution in [1.29, 1.82) is 0 Å². The summed E-state index contributed by atoms with van der Waals surface area (Å²) in [6, 6.07) is 13.5. The average Bonchev–Trinajstić information content (AvgIpc) is 2.90. The SMILES string of the molecule is Cc1ccc(Br)c(C(=O)NCc2nc3ccccc3[nH]2)c1. The van der Waals surface area contributed by atoms with E-state index >= 15 is 0 Å². The molecule has 2 N–H and O–H groups in total. The summed E-state index contributed by atoms with van der Waals surface area (Å²) >= 11 is 3.40. The molecule has 3 rings (SSSR count). The second-order valence-electron chi connectivity index (χ2n) is 4.87. The number of para-hydroxylation sites is 2. The number of halogens is 1. The first-order valence-corrected chi connectivity index (χ1v) is 7.41. The van der Waals surface area contributed by atoms with Gasteiger partial charge >= 0.3 is 0 Å². The van der Waals surface area contributed by atoms with Crippen molar-refractivity contribution < 1.29 is 4.79 Å². The number of nitrogens with one attached hydrogen (secondary N) is 2. The molecule has 2 aromatic carbocycles. The molecule has 3 aromatic rings. The van der Waals surface area contributed by atoms with Crippen molar-refractivity contribution in [2.75, 3.05) is 0 Å². The number of nitrogens with zero attached hydrogens (tertiary/aromatic N) is 1. The largest absolute Gasteiger partial charge is 0.345 e. The van der Waals surface area contributed by atoms with E-state index in [1.54, 1.807) is 0 Å². The van der Waals surface area contributed by atoms with Crippen LogP contribution in [0.4, 0.5) is 0 Å². The predicted octanol–water partition coefficient (Wildman–Crippen LogP) is 3.56. The Hall–Kier alpha value is -2.14. The lowest BCUT2D eigenvalue weighted by Crippen LogP contribution is -2.23. The maximum Gasteiger partial charge on any atom is 0.252 e. The van der Waals surface area contributed by atoms with Gasteiger partial charge < -0.3 is 10.3 Å². The molecule has 1 amide bonds. The highest BCUT2D eigenvalue weighted by Crippen LogP contribution is 2.18. The number of carbonyl (C=O) groups is 1. The maximum absolute atomic E-state index is 12.2. The molecule has 4 nitrogen and oxygen atoms in total. The molecule has 0 saturated carbocycles. The predicted molar refractivity (Wildman–Crippen MR) is 86.1 cm³/mol. The van der Waals surface area contributed by atoms with Gasteiger partial charge in [0.1, 0.15) is 5.82 Å². The molecule has 0 atom stereocenters. The normalized spacial score (nSPS) is 10.8. The van der Waals surface area contributed by atoms with Crippen LogP contribution in [0.1, 0.15) is 21.7 Å². The quantitative estimate of drug-likeness (QED) is 0.763. The van der Waals surface area contributed by atoms with Crippen LogP contribution in [0.2, 0.25) is 0 Å². The van der Waals surface area contributed by atoms with Gasteiger partial charge in [0.2, 0.25) is 0 Å². The molecule has 5 heteroatoms. The van der Waals surface area contributed by atoms with Gasteiger partial charge in [0.15, 0.2) is 0 Å². The molecule has 1 heterocycles. The van der Waals surface area contributed by atoms with Crippen molar-refractivity contribution in [2.24, 2.45) is 0 Å². The second-order valence-corrected chi connectivity index (χ2v) is 5.72. The van der Waals surface area contributed by atoms with Gasteiger partial charge in [-0.2, -0.15) is 0 Å². The summed E-state index contributed by atoms with van der Waals surface area (Å²) < 4.78 is 0.787. The lowest BCUT2D eigenvalue weighted by Gasteiger charge is -2.06. The minimum Gasteiger partial charge on any atom is -0.345 e. The standard InChI is InChI=1S/C16H14BrN3O/c1-10-6-7-12(17)11(8-10)16(21)18-9-15-19-13-4-2-3-5-14(13)20-15/h2-8H,9H2,1H3,(H,18,21)(H,19,20). The fourth-order valence-corrected chi connectivity index (χ4v) is 2.59. The molecule has 0 unspecified atom stereocenters. The van der Waals surface area contributed by atoms with Crippen molar-refractivity contribution in [1.82, 2.24) is 15.3 Å². The first kappa shape index (κ1) is 13.8. The van der Waals surface area contributed by atoms with Crippen LogP contribution in [0.25, 0.3) is 11.0 Å². The molecule has 21 heavy (non-hydrogen) atoms. The van der Waals surface area contributed by atoms with E-state index in [1.165, 1.54) is 0 Å². The Morgan fingerprint density at radius 3 is 2.90 bits per heavy atom. The van der Waals surface area contributed by atoms with E-state index < -0.39 is 0 Å². The van der Waals surface area contributed by atoms with E-state index in [-0.39, 0.29) is 5.91 Å². The van der Waals surface area contributed by atoms with Crippen LogP contribution in [-0.2, 0) is 6.54 Å². The summed E-state index contributed by atoms with van der Waals surface area (Å²) in [5.74, 6) is 0.624. The van der Waals surface area contributed by atoms with Crippen LogP contribution >= 0.6 is 15.9 Å². The third-order valence-electron chi connectivity index (χ3n) is 3.22. The summed E-state index contributed by atoms with van der Waals surface area (Å²) in [4.78, 5) is 19.9. The number of aryl methyl sites for hydroxylation is 1. The summed E-state index contributed by atoms with van der Waals surface area (Å²) in [5.41, 5.74) is 3.55. The highest BCUT2D eigenvalue weighted by atomic mass is 79.9. The Bertz CT molecular complexity index is 777. The van der Waals surface area contributed by atoms with Crippen LogP contribution in [0.3, 0.4) is 0 Å². The van der Waals surface area contributed by atoms with E-state index in [0.29, 0.717) is 12.1 Å². The van der Waals surface area contributed by atoms with E-state index in [9.17, 15) is 4.79 Å². The van der Waals surface area contributed by atoms with E-state index in [4.69, 9.17) is 0 Å². The second kappa shape index (κ2) is 5.69. The Kier molecular flexibility index (Phi) is 3.75. The summed E-state index contributed by atoms with van der Waals surface area (Å²) in [7, 11) is 0. The van der Waals surface area contributed by atoms with Crippen LogP contribution in [-0.4, -0.2) is 15.9 Å². The molecule has 106 valence electrons. The fourth-order valence-electron chi connectivity index (χ4n) is 2.16. The van der Waals surface area contributed by atoms with Gasteiger partial charge in [0.05, 0.1) is 23.1 Å². The zero-order valence-corrected chi connectivity index (χ0v) is 13.1. The van der Waals surface area contributed by atoms with Crippen LogP contribution in [0.5, 0.6) is 0 Å². The molecule has 0 fully saturated rings. The third kappa shape index (κ3) is 2.97. The van der Waals surface area contributed by atoms with E-state index in [2.05, 4.69) is 31.2 Å². The lowest BCUT2D eigenvalue weighted by molar-refractivity contribution is 0.0949. The summed E-state index contributed by atoms with van der Waals surface area (Å²) in [5, 5.41) is 2.88. The first-order valence-electron chi connectivity index (χ1n) is 6.61. The number of hydrogen-bond donors (Lipinski definition) is 2. The Morgan fingerprint density at radius 2 is 2.10 bits per heavy atom. The number of amides is 1. The van der Waals surface area contributed by atoms with Gasteiger partial charge in [-0.15, -0.1) is 0 Å². The number of fused-ring (bicyclic) bond motifs is 1. The fraction of sp³-hybridized carbons (Fsp3) is 0.125. The number of rotatable bonds is 3. The Morgan fingerprint density at radius 1 is 1.29 bits per heavy atom. The third-order valence-corrected chi connectivity index (χ3v) is 3.91. The molecular weight excluding hydrogens is 330 g/mol. The van der Waals surface area contributed by atoms with E-state index in [1.807, 2.05) is 49.4 Å². The summed E-state index contributed by atoms with van der Waals surface area (Å²) in [6.07, 6.45) is 0. The Balaban J connectivity index is 1.74. The van der Waals surface area contributed by atoms with Crippen LogP contribution < -0.4 is 5.32 Å². The van der Waals surface area contributed by atoms with Crippen molar-refractivity contribution >= 4 is 32.9 Å². The molecule has 0 aliphatic heterocycles. The van der Waals surface area contributed by atoms with Crippen LogP contribution in [0, 0.1) is 6.92 Å². The highest BCUT2D eigenvalue weighted by Gasteiger charge is 2.11. The van der Waals surface area contributed by atoms with Gasteiger partial charge in [0.25, 0.3) is 5.91 Å². The minimum atomic E-state index is -0.119. The molecular formula is C16H14BrN3O. The molecule has 0 bridgehead atoms.